The van der Waals surface area contributed by atoms with E-state index in [1.165, 1.54) is 18.7 Å². The van der Waals surface area contributed by atoms with Crippen molar-refractivity contribution < 1.29 is 18.3 Å². The van der Waals surface area contributed by atoms with Gasteiger partial charge >= 0.3 is 0 Å². The zero-order valence-electron chi connectivity index (χ0n) is 9.93. The predicted molar refractivity (Wildman–Crippen MR) is 60.7 cm³/mol. The van der Waals surface area contributed by atoms with Crippen LogP contribution in [0.2, 0.25) is 0 Å². The molecular formula is C10H19NO4S. The molecule has 94 valence electrons. The maximum Gasteiger partial charge on any atom is 0.243 e. The first-order valence-electron chi connectivity index (χ1n) is 5.33. The summed E-state index contributed by atoms with van der Waals surface area (Å²) in [5.41, 5.74) is 0. The molecule has 0 radical (unpaired) electrons. The lowest BCUT2D eigenvalue weighted by Gasteiger charge is -2.35. The Kier molecular flexibility index (Phi) is 3.64. The summed E-state index contributed by atoms with van der Waals surface area (Å²) in [4.78, 5) is 13.5. The van der Waals surface area contributed by atoms with Crippen LogP contribution in [0.4, 0.5) is 0 Å². The Hall–Kier alpha value is -0.620. The van der Waals surface area contributed by atoms with Crippen molar-refractivity contribution in [3.63, 3.8) is 0 Å². The SMILES string of the molecule is CC(C)(C(=O)N1CCCC(O)C1)S(C)(=O)=O. The molecule has 1 N–H and O–H groups in total. The Morgan fingerprint density at radius 2 is 2.00 bits per heavy atom. The molecule has 1 aliphatic heterocycles. The Balaban J connectivity index is 2.85. The van der Waals surface area contributed by atoms with E-state index in [0.717, 1.165) is 6.26 Å². The number of likely N-dealkylation sites (tertiary alicyclic amines) is 1. The molecule has 0 aromatic heterocycles. The third-order valence-corrected chi connectivity index (χ3v) is 5.15. The van der Waals surface area contributed by atoms with Crippen LogP contribution in [-0.4, -0.2) is 54.5 Å². The van der Waals surface area contributed by atoms with Gasteiger partial charge in [0.15, 0.2) is 9.84 Å². The number of hydrogen-bond acceptors (Lipinski definition) is 4. The molecule has 6 heteroatoms. The van der Waals surface area contributed by atoms with E-state index in [1.807, 2.05) is 0 Å². The standard InChI is InChI=1S/C10H19NO4S/c1-10(2,16(3,14)15)9(13)11-6-4-5-8(12)7-11/h8,12H,4-7H2,1-3H3. The van der Waals surface area contributed by atoms with E-state index in [9.17, 15) is 18.3 Å². The second kappa shape index (κ2) is 4.33. The van der Waals surface area contributed by atoms with E-state index in [-0.39, 0.29) is 6.54 Å². The highest BCUT2D eigenvalue weighted by atomic mass is 32.2. The second-order valence-corrected chi connectivity index (χ2v) is 7.39. The summed E-state index contributed by atoms with van der Waals surface area (Å²) in [6, 6.07) is 0. The number of piperidine rings is 1. The van der Waals surface area contributed by atoms with Gasteiger partial charge < -0.3 is 10.0 Å². The molecule has 5 nitrogen and oxygen atoms in total. The zero-order chi connectivity index (χ0) is 12.6. The maximum absolute atomic E-state index is 12.0. The number of hydrogen-bond donors (Lipinski definition) is 1. The van der Waals surface area contributed by atoms with Gasteiger partial charge in [0.2, 0.25) is 5.91 Å². The van der Waals surface area contributed by atoms with Crippen molar-refractivity contribution >= 4 is 15.7 Å². The number of rotatable bonds is 2. The van der Waals surface area contributed by atoms with Crippen LogP contribution in [0.5, 0.6) is 0 Å². The Bertz CT molecular complexity index is 374. The first-order valence-corrected chi connectivity index (χ1v) is 7.22. The van der Waals surface area contributed by atoms with Crippen molar-refractivity contribution in [3.05, 3.63) is 0 Å². The van der Waals surface area contributed by atoms with Crippen molar-refractivity contribution in [2.75, 3.05) is 19.3 Å². The number of aliphatic hydroxyl groups is 1. The lowest BCUT2D eigenvalue weighted by Crippen LogP contribution is -2.53. The summed E-state index contributed by atoms with van der Waals surface area (Å²) in [7, 11) is -3.44. The highest BCUT2D eigenvalue weighted by Gasteiger charge is 2.42. The average molecular weight is 249 g/mol. The van der Waals surface area contributed by atoms with Crippen LogP contribution in [-0.2, 0) is 14.6 Å². The van der Waals surface area contributed by atoms with Crippen molar-refractivity contribution in [1.82, 2.24) is 4.90 Å². The van der Waals surface area contributed by atoms with Crippen molar-refractivity contribution in [1.29, 1.82) is 0 Å². The number of sulfone groups is 1. The largest absolute Gasteiger partial charge is 0.391 e. The summed E-state index contributed by atoms with van der Waals surface area (Å²) in [6.07, 6.45) is 1.91. The van der Waals surface area contributed by atoms with Crippen molar-refractivity contribution in [2.24, 2.45) is 0 Å². The molecule has 1 rings (SSSR count). The quantitative estimate of drug-likeness (QED) is 0.735. The Labute approximate surface area is 96.4 Å². The topological polar surface area (TPSA) is 74.7 Å². The average Bonchev–Trinajstić information content (AvgIpc) is 2.14. The molecule has 1 heterocycles. The Morgan fingerprint density at radius 1 is 1.44 bits per heavy atom. The molecule has 16 heavy (non-hydrogen) atoms. The molecule has 0 saturated carbocycles. The van der Waals surface area contributed by atoms with Crippen LogP contribution in [0, 0.1) is 0 Å². The smallest absolute Gasteiger partial charge is 0.243 e. The molecule has 0 aliphatic carbocycles. The van der Waals surface area contributed by atoms with Gasteiger partial charge in [-0.2, -0.15) is 0 Å². The van der Waals surface area contributed by atoms with Crippen LogP contribution < -0.4 is 0 Å². The van der Waals surface area contributed by atoms with Crippen LogP contribution in [0.25, 0.3) is 0 Å². The highest BCUT2D eigenvalue weighted by molar-refractivity contribution is 7.92. The molecule has 0 aromatic carbocycles. The first kappa shape index (κ1) is 13.4. The summed E-state index contributed by atoms with van der Waals surface area (Å²) < 4.78 is 21.6. The van der Waals surface area contributed by atoms with Crippen LogP contribution in [0.1, 0.15) is 26.7 Å². The molecule has 0 bridgehead atoms. The number of aliphatic hydroxyl groups excluding tert-OH is 1. The van der Waals surface area contributed by atoms with E-state index < -0.39 is 26.6 Å². The van der Waals surface area contributed by atoms with Gasteiger partial charge in [0.1, 0.15) is 4.75 Å². The maximum atomic E-state index is 12.0. The molecule has 0 spiro atoms. The number of amides is 1. The van der Waals surface area contributed by atoms with Gasteiger partial charge in [0.25, 0.3) is 0 Å². The minimum Gasteiger partial charge on any atom is -0.391 e. The number of β-amino-alcohol motifs (C(OH)–C–C–N with tert-alkyl or cyclic N) is 1. The number of carbonyl (C=O) groups excluding carboxylic acids is 1. The third-order valence-electron chi connectivity index (χ3n) is 3.13. The van der Waals surface area contributed by atoms with Gasteiger partial charge in [-0.05, 0) is 26.7 Å². The van der Waals surface area contributed by atoms with Gasteiger partial charge in [-0.15, -0.1) is 0 Å². The molecule has 1 amide bonds. The molecule has 1 saturated heterocycles. The van der Waals surface area contributed by atoms with Crippen LogP contribution >= 0.6 is 0 Å². The Morgan fingerprint density at radius 3 is 2.44 bits per heavy atom. The zero-order valence-corrected chi connectivity index (χ0v) is 10.7. The summed E-state index contributed by atoms with van der Waals surface area (Å²) in [6.45, 7) is 3.57. The minimum absolute atomic E-state index is 0.234. The fraction of sp³-hybridized carbons (Fsp3) is 0.900. The van der Waals surface area contributed by atoms with Crippen LogP contribution in [0.3, 0.4) is 0 Å². The molecular weight excluding hydrogens is 230 g/mol. The second-order valence-electron chi connectivity index (χ2n) is 4.83. The summed E-state index contributed by atoms with van der Waals surface area (Å²) in [5, 5.41) is 9.45. The van der Waals surface area contributed by atoms with Gasteiger partial charge in [0.05, 0.1) is 6.10 Å². The van der Waals surface area contributed by atoms with Gasteiger partial charge in [0, 0.05) is 19.3 Å². The molecule has 0 aromatic rings. The fourth-order valence-electron chi connectivity index (χ4n) is 1.68. The third kappa shape index (κ3) is 2.55. The summed E-state index contributed by atoms with van der Waals surface area (Å²) in [5.74, 6) is -0.422. The predicted octanol–water partition coefficient (Wildman–Crippen LogP) is -0.207. The number of nitrogens with zero attached hydrogens (tertiary/aromatic N) is 1. The molecule has 1 fully saturated rings. The minimum atomic E-state index is -3.44. The monoisotopic (exact) mass is 249 g/mol. The van der Waals surface area contributed by atoms with Gasteiger partial charge in [-0.3, -0.25) is 4.79 Å². The molecule has 1 unspecified atom stereocenters. The van der Waals surface area contributed by atoms with E-state index in [2.05, 4.69) is 0 Å². The first-order chi connectivity index (χ1) is 7.16. The van der Waals surface area contributed by atoms with Crippen molar-refractivity contribution in [2.45, 2.75) is 37.5 Å². The lowest BCUT2D eigenvalue weighted by atomic mass is 10.1. The highest BCUT2D eigenvalue weighted by Crippen LogP contribution is 2.21. The van der Waals surface area contributed by atoms with Crippen molar-refractivity contribution in [3.8, 4) is 0 Å². The fourth-order valence-corrected chi connectivity index (χ4v) is 2.12. The molecule has 1 aliphatic rings. The number of carbonyl (C=O) groups is 1. The van der Waals surface area contributed by atoms with Gasteiger partial charge in [-0.1, -0.05) is 0 Å². The van der Waals surface area contributed by atoms with Crippen LogP contribution in [0.15, 0.2) is 0 Å². The van der Waals surface area contributed by atoms with E-state index >= 15 is 0 Å². The lowest BCUT2D eigenvalue weighted by molar-refractivity contribution is -0.136. The normalized spacial score (nSPS) is 23.2. The van der Waals surface area contributed by atoms with E-state index in [0.29, 0.717) is 19.4 Å². The van der Waals surface area contributed by atoms with E-state index in [4.69, 9.17) is 0 Å². The van der Waals surface area contributed by atoms with Gasteiger partial charge in [-0.25, -0.2) is 8.42 Å². The molecule has 1 atom stereocenters. The summed E-state index contributed by atoms with van der Waals surface area (Å²) >= 11 is 0. The van der Waals surface area contributed by atoms with E-state index in [1.54, 1.807) is 0 Å².